The molecule has 2 atom stereocenters. The van der Waals surface area contributed by atoms with Crippen LogP contribution in [-0.2, 0) is 11.2 Å². The molecule has 19 heavy (non-hydrogen) atoms. The number of carbonyl (C=O) groups is 1. The van der Waals surface area contributed by atoms with Gasteiger partial charge in [0.1, 0.15) is 0 Å². The van der Waals surface area contributed by atoms with Gasteiger partial charge in [-0.15, -0.1) is 0 Å². The van der Waals surface area contributed by atoms with Crippen molar-refractivity contribution in [3.8, 4) is 0 Å². The number of amides is 1. The van der Waals surface area contributed by atoms with Crippen LogP contribution >= 0.6 is 11.6 Å². The first kappa shape index (κ1) is 12.9. The van der Waals surface area contributed by atoms with Gasteiger partial charge in [-0.1, -0.05) is 17.7 Å². The Balaban J connectivity index is 1.73. The minimum atomic E-state index is -0.0471. The van der Waals surface area contributed by atoms with Gasteiger partial charge in [0.05, 0.1) is 6.04 Å². The molecule has 2 unspecified atom stereocenters. The Morgan fingerprint density at radius 2 is 2.11 bits per heavy atom. The summed E-state index contributed by atoms with van der Waals surface area (Å²) in [6.45, 7) is 0.813. The van der Waals surface area contributed by atoms with E-state index in [-0.39, 0.29) is 11.9 Å². The molecule has 1 fully saturated rings. The summed E-state index contributed by atoms with van der Waals surface area (Å²) in [7, 11) is 0. The second-order valence-electron chi connectivity index (χ2n) is 5.44. The van der Waals surface area contributed by atoms with Gasteiger partial charge in [-0.05, 0) is 55.4 Å². The maximum atomic E-state index is 12.0. The monoisotopic (exact) mass is 278 g/mol. The van der Waals surface area contributed by atoms with Gasteiger partial charge in [0.2, 0.25) is 5.91 Å². The number of aryl methyl sites for hydroxylation is 1. The molecular weight excluding hydrogens is 260 g/mol. The molecule has 3 nitrogen and oxygen atoms in total. The van der Waals surface area contributed by atoms with Gasteiger partial charge in [-0.3, -0.25) is 10.1 Å². The van der Waals surface area contributed by atoms with E-state index in [9.17, 15) is 4.79 Å². The van der Waals surface area contributed by atoms with E-state index in [1.165, 1.54) is 11.1 Å². The normalized spacial score (nSPS) is 26.7. The van der Waals surface area contributed by atoms with Gasteiger partial charge in [-0.25, -0.2) is 0 Å². The summed E-state index contributed by atoms with van der Waals surface area (Å²) < 4.78 is 0. The highest BCUT2D eigenvalue weighted by molar-refractivity contribution is 6.30. The van der Waals surface area contributed by atoms with E-state index in [1.54, 1.807) is 0 Å². The summed E-state index contributed by atoms with van der Waals surface area (Å²) in [4.78, 5) is 12.0. The minimum Gasteiger partial charge on any atom is -0.355 e. The Hall–Kier alpha value is -1.06. The Morgan fingerprint density at radius 1 is 1.21 bits per heavy atom. The van der Waals surface area contributed by atoms with Crippen LogP contribution in [0.3, 0.4) is 0 Å². The fourth-order valence-corrected chi connectivity index (χ4v) is 3.30. The molecule has 0 saturated carbocycles. The second-order valence-corrected chi connectivity index (χ2v) is 5.88. The van der Waals surface area contributed by atoms with E-state index in [0.717, 1.165) is 43.7 Å². The fraction of sp³-hybridized carbons (Fsp3) is 0.533. The standard InChI is InChI=1S/C15H19ClN2O/c16-11-5-6-12-10(9-11)4-7-13(12)18-14-3-1-2-8-17-15(14)19/h5-6,9,13-14,18H,1-4,7-8H2,(H,17,19). The van der Waals surface area contributed by atoms with E-state index in [0.29, 0.717) is 6.04 Å². The van der Waals surface area contributed by atoms with Crippen LogP contribution in [0, 0.1) is 0 Å². The van der Waals surface area contributed by atoms with Crippen molar-refractivity contribution in [2.24, 2.45) is 0 Å². The summed E-state index contributed by atoms with van der Waals surface area (Å²) in [6, 6.07) is 6.33. The first-order valence-electron chi connectivity index (χ1n) is 7.06. The van der Waals surface area contributed by atoms with Crippen LogP contribution in [0.4, 0.5) is 0 Å². The van der Waals surface area contributed by atoms with E-state index in [1.807, 2.05) is 12.1 Å². The third-order valence-electron chi connectivity index (χ3n) is 4.12. The fourth-order valence-electron chi connectivity index (χ4n) is 3.10. The number of hydrogen-bond acceptors (Lipinski definition) is 2. The molecule has 1 heterocycles. The zero-order chi connectivity index (χ0) is 13.2. The molecule has 0 bridgehead atoms. The third-order valence-corrected chi connectivity index (χ3v) is 4.36. The van der Waals surface area contributed by atoms with Crippen molar-refractivity contribution in [2.75, 3.05) is 6.54 Å². The van der Waals surface area contributed by atoms with Crippen molar-refractivity contribution in [3.05, 3.63) is 34.3 Å². The minimum absolute atomic E-state index is 0.0471. The van der Waals surface area contributed by atoms with Crippen molar-refractivity contribution in [3.63, 3.8) is 0 Å². The number of rotatable bonds is 2. The van der Waals surface area contributed by atoms with E-state index >= 15 is 0 Å². The molecule has 4 heteroatoms. The topological polar surface area (TPSA) is 41.1 Å². The average Bonchev–Trinajstić information content (AvgIpc) is 2.67. The summed E-state index contributed by atoms with van der Waals surface area (Å²) in [5, 5.41) is 7.30. The van der Waals surface area contributed by atoms with Crippen molar-refractivity contribution in [1.29, 1.82) is 0 Å². The number of benzene rings is 1. The quantitative estimate of drug-likeness (QED) is 0.873. The third kappa shape index (κ3) is 2.77. The molecule has 1 aromatic rings. The van der Waals surface area contributed by atoms with Crippen LogP contribution in [0.1, 0.15) is 42.9 Å². The van der Waals surface area contributed by atoms with E-state index < -0.39 is 0 Å². The maximum Gasteiger partial charge on any atom is 0.237 e. The molecule has 1 amide bonds. The van der Waals surface area contributed by atoms with Crippen LogP contribution < -0.4 is 10.6 Å². The Labute approximate surface area is 118 Å². The molecule has 1 aromatic carbocycles. The van der Waals surface area contributed by atoms with Gasteiger partial charge in [0.15, 0.2) is 0 Å². The van der Waals surface area contributed by atoms with Gasteiger partial charge in [0, 0.05) is 17.6 Å². The average molecular weight is 279 g/mol. The highest BCUT2D eigenvalue weighted by Crippen LogP contribution is 2.33. The molecule has 2 N–H and O–H groups in total. The number of nitrogens with one attached hydrogen (secondary N) is 2. The van der Waals surface area contributed by atoms with Crippen LogP contribution in [0.15, 0.2) is 18.2 Å². The number of carbonyl (C=O) groups excluding carboxylic acids is 1. The molecular formula is C15H19ClN2O. The Bertz CT molecular complexity index is 489. The van der Waals surface area contributed by atoms with E-state index in [2.05, 4.69) is 16.7 Å². The van der Waals surface area contributed by atoms with Crippen LogP contribution in [0.2, 0.25) is 5.02 Å². The molecule has 0 aromatic heterocycles. The van der Waals surface area contributed by atoms with Crippen molar-refractivity contribution in [1.82, 2.24) is 10.6 Å². The van der Waals surface area contributed by atoms with E-state index in [4.69, 9.17) is 11.6 Å². The van der Waals surface area contributed by atoms with Crippen LogP contribution in [0.25, 0.3) is 0 Å². The van der Waals surface area contributed by atoms with Crippen molar-refractivity contribution in [2.45, 2.75) is 44.2 Å². The molecule has 3 rings (SSSR count). The molecule has 1 aliphatic carbocycles. The summed E-state index contributed by atoms with van der Waals surface area (Å²) in [5.41, 5.74) is 2.63. The lowest BCUT2D eigenvalue weighted by Gasteiger charge is -2.21. The maximum absolute atomic E-state index is 12.0. The van der Waals surface area contributed by atoms with Gasteiger partial charge < -0.3 is 5.32 Å². The molecule has 1 saturated heterocycles. The predicted molar refractivity (Wildman–Crippen MR) is 76.3 cm³/mol. The first-order valence-corrected chi connectivity index (χ1v) is 7.44. The SMILES string of the molecule is O=C1NCCCCC1NC1CCc2cc(Cl)ccc21. The Kier molecular flexibility index (Phi) is 3.76. The lowest BCUT2D eigenvalue weighted by atomic mass is 10.1. The van der Waals surface area contributed by atoms with Crippen molar-refractivity contribution < 1.29 is 4.79 Å². The highest BCUT2D eigenvalue weighted by atomic mass is 35.5. The largest absolute Gasteiger partial charge is 0.355 e. The zero-order valence-corrected chi connectivity index (χ0v) is 11.7. The smallest absolute Gasteiger partial charge is 0.237 e. The first-order chi connectivity index (χ1) is 9.24. The van der Waals surface area contributed by atoms with Crippen LogP contribution in [0.5, 0.6) is 0 Å². The van der Waals surface area contributed by atoms with Gasteiger partial charge >= 0.3 is 0 Å². The summed E-state index contributed by atoms with van der Waals surface area (Å²) >= 11 is 6.02. The molecule has 1 aliphatic heterocycles. The van der Waals surface area contributed by atoms with Crippen LogP contribution in [-0.4, -0.2) is 18.5 Å². The van der Waals surface area contributed by atoms with Gasteiger partial charge in [-0.2, -0.15) is 0 Å². The molecule has 2 aliphatic rings. The van der Waals surface area contributed by atoms with Crippen molar-refractivity contribution >= 4 is 17.5 Å². The lowest BCUT2D eigenvalue weighted by Crippen LogP contribution is -2.43. The number of hydrogen-bond donors (Lipinski definition) is 2. The number of fused-ring (bicyclic) bond motifs is 1. The predicted octanol–water partition coefficient (Wildman–Crippen LogP) is 2.59. The Morgan fingerprint density at radius 3 is 3.00 bits per heavy atom. The lowest BCUT2D eigenvalue weighted by molar-refractivity contribution is -0.123. The number of halogens is 1. The second kappa shape index (κ2) is 5.51. The summed E-state index contributed by atoms with van der Waals surface area (Å²) in [5.74, 6) is 0.153. The van der Waals surface area contributed by atoms with Gasteiger partial charge in [0.25, 0.3) is 0 Å². The molecule has 0 radical (unpaired) electrons. The summed E-state index contributed by atoms with van der Waals surface area (Å²) in [6.07, 6.45) is 5.23. The highest BCUT2D eigenvalue weighted by Gasteiger charge is 2.28. The molecule has 0 spiro atoms. The molecule has 102 valence electrons. The zero-order valence-electron chi connectivity index (χ0n) is 10.9.